The van der Waals surface area contributed by atoms with Crippen LogP contribution in [0.25, 0.3) is 10.9 Å². The van der Waals surface area contributed by atoms with E-state index < -0.39 is 0 Å². The molecule has 2 aromatic rings. The summed E-state index contributed by atoms with van der Waals surface area (Å²) in [6.45, 7) is 8.46. The van der Waals surface area contributed by atoms with Gasteiger partial charge in [-0.1, -0.05) is 13.8 Å². The van der Waals surface area contributed by atoms with Crippen LogP contribution in [0.2, 0.25) is 0 Å². The van der Waals surface area contributed by atoms with Crippen molar-refractivity contribution in [1.82, 2.24) is 14.9 Å². The van der Waals surface area contributed by atoms with Gasteiger partial charge in [-0.3, -0.25) is 4.98 Å². The van der Waals surface area contributed by atoms with Gasteiger partial charge < -0.3 is 10.2 Å². The zero-order chi connectivity index (χ0) is 14.8. The summed E-state index contributed by atoms with van der Waals surface area (Å²) in [5.41, 5.74) is 2.22. The average molecular weight is 272 g/mol. The van der Waals surface area contributed by atoms with E-state index in [1.807, 2.05) is 25.3 Å². The quantitative estimate of drug-likeness (QED) is 0.908. The molecule has 20 heavy (non-hydrogen) atoms. The fourth-order valence-electron chi connectivity index (χ4n) is 2.54. The normalized spacial score (nSPS) is 12.1. The van der Waals surface area contributed by atoms with Crippen LogP contribution in [-0.2, 0) is 0 Å². The number of hydrogen-bond donors (Lipinski definition) is 1. The van der Waals surface area contributed by atoms with Gasteiger partial charge in [0.1, 0.15) is 5.82 Å². The molecule has 2 aromatic heterocycles. The molecule has 4 heteroatoms. The number of anilines is 1. The lowest BCUT2D eigenvalue weighted by Gasteiger charge is -2.28. The number of fused-ring (bicyclic) bond motifs is 1. The lowest BCUT2D eigenvalue weighted by Crippen LogP contribution is -2.34. The zero-order valence-corrected chi connectivity index (χ0v) is 13.1. The predicted octanol–water partition coefficient (Wildman–Crippen LogP) is 2.94. The summed E-state index contributed by atoms with van der Waals surface area (Å²) >= 11 is 0. The summed E-state index contributed by atoms with van der Waals surface area (Å²) in [6, 6.07) is 6.08. The second kappa shape index (κ2) is 5.75. The van der Waals surface area contributed by atoms with Gasteiger partial charge in [-0.25, -0.2) is 4.98 Å². The van der Waals surface area contributed by atoms with Crippen LogP contribution in [0, 0.1) is 12.3 Å². The molecule has 1 N–H and O–H groups in total. The van der Waals surface area contributed by atoms with E-state index in [0.29, 0.717) is 0 Å². The Labute approximate surface area is 121 Å². The molecule has 0 amide bonds. The van der Waals surface area contributed by atoms with Gasteiger partial charge in [0.15, 0.2) is 0 Å². The van der Waals surface area contributed by atoms with E-state index in [0.717, 1.165) is 35.5 Å². The minimum absolute atomic E-state index is 0.203. The van der Waals surface area contributed by atoms with Gasteiger partial charge in [0.2, 0.25) is 0 Å². The van der Waals surface area contributed by atoms with Crippen molar-refractivity contribution < 1.29 is 0 Å². The Morgan fingerprint density at radius 2 is 1.95 bits per heavy atom. The number of hydrogen-bond acceptors (Lipinski definition) is 4. The number of aryl methyl sites for hydroxylation is 1. The highest BCUT2D eigenvalue weighted by Gasteiger charge is 2.18. The molecular weight excluding hydrogens is 248 g/mol. The van der Waals surface area contributed by atoms with Gasteiger partial charge in [-0.05, 0) is 44.6 Å². The Bertz CT molecular complexity index is 590. The third-order valence-corrected chi connectivity index (χ3v) is 3.31. The zero-order valence-electron chi connectivity index (χ0n) is 13.1. The van der Waals surface area contributed by atoms with Crippen molar-refractivity contribution in [3.8, 4) is 0 Å². The maximum atomic E-state index is 4.65. The molecule has 0 aliphatic heterocycles. The fraction of sp³-hybridized carbons (Fsp3) is 0.500. The highest BCUT2D eigenvalue weighted by Crippen LogP contribution is 2.20. The first-order valence-corrected chi connectivity index (χ1v) is 6.98. The van der Waals surface area contributed by atoms with Crippen LogP contribution in [0.3, 0.4) is 0 Å². The number of aromatic nitrogens is 2. The third kappa shape index (κ3) is 3.67. The van der Waals surface area contributed by atoms with Crippen molar-refractivity contribution in [2.24, 2.45) is 5.41 Å². The van der Waals surface area contributed by atoms with Crippen molar-refractivity contribution >= 4 is 16.7 Å². The SMILES string of the molecule is Cc1nccc2nc(NCC(C)(C)CN(C)C)ccc12. The van der Waals surface area contributed by atoms with Crippen molar-refractivity contribution in [3.63, 3.8) is 0 Å². The van der Waals surface area contributed by atoms with Crippen LogP contribution in [-0.4, -0.2) is 42.1 Å². The Balaban J connectivity index is 2.11. The van der Waals surface area contributed by atoms with Gasteiger partial charge in [-0.15, -0.1) is 0 Å². The maximum Gasteiger partial charge on any atom is 0.126 e. The van der Waals surface area contributed by atoms with E-state index in [1.54, 1.807) is 0 Å². The van der Waals surface area contributed by atoms with Crippen LogP contribution in [0.15, 0.2) is 24.4 Å². The van der Waals surface area contributed by atoms with Crippen molar-refractivity contribution in [1.29, 1.82) is 0 Å². The summed E-state index contributed by atoms with van der Waals surface area (Å²) in [7, 11) is 4.21. The van der Waals surface area contributed by atoms with E-state index in [2.05, 4.69) is 54.2 Å². The molecule has 0 atom stereocenters. The van der Waals surface area contributed by atoms with E-state index in [-0.39, 0.29) is 5.41 Å². The summed E-state index contributed by atoms with van der Waals surface area (Å²) in [6.07, 6.45) is 1.81. The Hall–Kier alpha value is -1.68. The van der Waals surface area contributed by atoms with Gasteiger partial charge >= 0.3 is 0 Å². The minimum Gasteiger partial charge on any atom is -0.369 e. The van der Waals surface area contributed by atoms with Gasteiger partial charge in [0.05, 0.1) is 5.52 Å². The summed E-state index contributed by atoms with van der Waals surface area (Å²) < 4.78 is 0. The van der Waals surface area contributed by atoms with Gasteiger partial charge in [0, 0.05) is 30.4 Å². The predicted molar refractivity (Wildman–Crippen MR) is 85.1 cm³/mol. The monoisotopic (exact) mass is 272 g/mol. The van der Waals surface area contributed by atoms with E-state index in [1.165, 1.54) is 0 Å². The highest BCUT2D eigenvalue weighted by atomic mass is 15.1. The molecular formula is C16H24N4. The molecule has 2 rings (SSSR count). The Morgan fingerprint density at radius 1 is 1.20 bits per heavy atom. The third-order valence-electron chi connectivity index (χ3n) is 3.31. The lowest BCUT2D eigenvalue weighted by molar-refractivity contribution is 0.254. The number of nitrogens with zero attached hydrogens (tertiary/aromatic N) is 3. The number of nitrogens with one attached hydrogen (secondary N) is 1. The first-order chi connectivity index (χ1) is 9.37. The summed E-state index contributed by atoms with van der Waals surface area (Å²) in [5, 5.41) is 4.56. The smallest absolute Gasteiger partial charge is 0.126 e. The maximum absolute atomic E-state index is 4.65. The van der Waals surface area contributed by atoms with Crippen LogP contribution < -0.4 is 5.32 Å². The van der Waals surface area contributed by atoms with Crippen LogP contribution in [0.4, 0.5) is 5.82 Å². The standard InChI is InChI=1S/C16H24N4/c1-12-13-6-7-15(19-14(13)8-9-17-12)18-10-16(2,3)11-20(4)5/h6-9H,10-11H2,1-5H3,(H,18,19). The molecule has 0 fully saturated rings. The molecule has 0 saturated carbocycles. The Kier molecular flexibility index (Phi) is 4.23. The first kappa shape index (κ1) is 14.7. The lowest BCUT2D eigenvalue weighted by atomic mass is 9.93. The van der Waals surface area contributed by atoms with Gasteiger partial charge in [0.25, 0.3) is 0 Å². The minimum atomic E-state index is 0.203. The molecule has 0 aromatic carbocycles. The second-order valence-corrected chi connectivity index (χ2v) is 6.42. The molecule has 108 valence electrons. The molecule has 0 bridgehead atoms. The van der Waals surface area contributed by atoms with Crippen molar-refractivity contribution in [2.75, 3.05) is 32.5 Å². The molecule has 0 unspecified atom stereocenters. The molecule has 0 aliphatic carbocycles. The van der Waals surface area contributed by atoms with Gasteiger partial charge in [-0.2, -0.15) is 0 Å². The topological polar surface area (TPSA) is 41.1 Å². The number of pyridine rings is 2. The van der Waals surface area contributed by atoms with Crippen LogP contribution in [0.5, 0.6) is 0 Å². The van der Waals surface area contributed by atoms with Crippen molar-refractivity contribution in [2.45, 2.75) is 20.8 Å². The molecule has 4 nitrogen and oxygen atoms in total. The molecule has 0 aliphatic rings. The molecule has 0 radical (unpaired) electrons. The van der Waals surface area contributed by atoms with Crippen LogP contribution in [0.1, 0.15) is 19.5 Å². The first-order valence-electron chi connectivity index (χ1n) is 6.98. The fourth-order valence-corrected chi connectivity index (χ4v) is 2.54. The van der Waals surface area contributed by atoms with E-state index in [9.17, 15) is 0 Å². The molecule has 2 heterocycles. The highest BCUT2D eigenvalue weighted by molar-refractivity contribution is 5.81. The molecule has 0 spiro atoms. The van der Waals surface area contributed by atoms with Crippen molar-refractivity contribution in [3.05, 3.63) is 30.1 Å². The van der Waals surface area contributed by atoms with E-state index in [4.69, 9.17) is 0 Å². The van der Waals surface area contributed by atoms with E-state index >= 15 is 0 Å². The summed E-state index contributed by atoms with van der Waals surface area (Å²) in [4.78, 5) is 11.2. The number of rotatable bonds is 5. The Morgan fingerprint density at radius 3 is 2.65 bits per heavy atom. The van der Waals surface area contributed by atoms with Crippen LogP contribution >= 0.6 is 0 Å². The second-order valence-electron chi connectivity index (χ2n) is 6.42. The average Bonchev–Trinajstić information content (AvgIpc) is 2.35. The largest absolute Gasteiger partial charge is 0.369 e. The summed E-state index contributed by atoms with van der Waals surface area (Å²) in [5.74, 6) is 0.926. The molecule has 0 saturated heterocycles.